The van der Waals surface area contributed by atoms with Crippen LogP contribution in [0, 0.1) is 6.92 Å². The third kappa shape index (κ3) is 3.85. The summed E-state index contributed by atoms with van der Waals surface area (Å²) in [6, 6.07) is 8.60. The van der Waals surface area contributed by atoms with Crippen LogP contribution in [0.1, 0.15) is 5.56 Å². The van der Waals surface area contributed by atoms with Crippen LogP contribution >= 0.6 is 23.2 Å². The molecule has 0 fully saturated rings. The minimum atomic E-state index is -0.317. The van der Waals surface area contributed by atoms with Crippen LogP contribution in [0.5, 0.6) is 5.75 Å². The maximum Gasteiger partial charge on any atom is 0.262 e. The van der Waals surface area contributed by atoms with E-state index < -0.39 is 0 Å². The molecule has 0 saturated carbocycles. The number of ether oxygens (including phenoxy) is 1. The van der Waals surface area contributed by atoms with Crippen molar-refractivity contribution in [2.24, 2.45) is 0 Å². The number of halogens is 2. The Balaban J connectivity index is 1.96. The highest BCUT2D eigenvalue weighted by molar-refractivity contribution is 6.32. The van der Waals surface area contributed by atoms with Gasteiger partial charge in [0.2, 0.25) is 0 Å². The molecule has 0 saturated heterocycles. The van der Waals surface area contributed by atoms with Crippen LogP contribution in [-0.2, 0) is 4.79 Å². The van der Waals surface area contributed by atoms with E-state index in [0.717, 1.165) is 5.56 Å². The molecule has 0 aliphatic carbocycles. The molecule has 1 N–H and O–H groups in total. The number of aryl methyl sites for hydroxylation is 1. The van der Waals surface area contributed by atoms with Crippen LogP contribution in [0.3, 0.4) is 0 Å². The molecule has 2 aromatic rings. The van der Waals surface area contributed by atoms with Gasteiger partial charge in [0.1, 0.15) is 5.75 Å². The summed E-state index contributed by atoms with van der Waals surface area (Å²) in [4.78, 5) is 15.7. The van der Waals surface area contributed by atoms with Gasteiger partial charge < -0.3 is 10.1 Å². The van der Waals surface area contributed by atoms with Gasteiger partial charge in [0.05, 0.1) is 5.69 Å². The fourth-order valence-corrected chi connectivity index (χ4v) is 1.99. The van der Waals surface area contributed by atoms with Crippen molar-refractivity contribution in [3.8, 4) is 5.75 Å². The molecule has 6 heteroatoms. The van der Waals surface area contributed by atoms with Crippen molar-refractivity contribution in [3.05, 3.63) is 52.3 Å². The SMILES string of the molecule is Cc1ccnc(Cl)c1NC(=O)COc1cccc(Cl)c1. The second-order valence-electron chi connectivity index (χ2n) is 4.09. The number of pyridine rings is 1. The topological polar surface area (TPSA) is 51.2 Å². The van der Waals surface area contributed by atoms with Gasteiger partial charge in [-0.05, 0) is 36.8 Å². The van der Waals surface area contributed by atoms with Gasteiger partial charge in [0.15, 0.2) is 11.8 Å². The fourth-order valence-electron chi connectivity index (χ4n) is 1.56. The first-order valence-electron chi connectivity index (χ1n) is 5.85. The van der Waals surface area contributed by atoms with Crippen molar-refractivity contribution in [2.45, 2.75) is 6.92 Å². The molecule has 1 heterocycles. The minimum absolute atomic E-state index is 0.134. The van der Waals surface area contributed by atoms with Crippen LogP contribution < -0.4 is 10.1 Å². The van der Waals surface area contributed by atoms with Gasteiger partial charge in [-0.2, -0.15) is 0 Å². The monoisotopic (exact) mass is 310 g/mol. The lowest BCUT2D eigenvalue weighted by Gasteiger charge is -2.10. The zero-order valence-electron chi connectivity index (χ0n) is 10.7. The van der Waals surface area contributed by atoms with E-state index in [1.807, 2.05) is 6.92 Å². The number of aromatic nitrogens is 1. The number of carbonyl (C=O) groups excluding carboxylic acids is 1. The molecule has 4 nitrogen and oxygen atoms in total. The Bertz CT molecular complexity index is 612. The van der Waals surface area contributed by atoms with E-state index in [-0.39, 0.29) is 17.7 Å². The smallest absolute Gasteiger partial charge is 0.262 e. The largest absolute Gasteiger partial charge is 0.484 e. The van der Waals surface area contributed by atoms with Gasteiger partial charge in [-0.15, -0.1) is 0 Å². The highest BCUT2D eigenvalue weighted by atomic mass is 35.5. The molecule has 104 valence electrons. The van der Waals surface area contributed by atoms with Gasteiger partial charge in [-0.1, -0.05) is 29.3 Å². The highest BCUT2D eigenvalue weighted by Crippen LogP contribution is 2.22. The van der Waals surface area contributed by atoms with E-state index in [9.17, 15) is 4.79 Å². The number of rotatable bonds is 4. The van der Waals surface area contributed by atoms with Gasteiger partial charge in [-0.25, -0.2) is 4.98 Å². The van der Waals surface area contributed by atoms with E-state index in [1.165, 1.54) is 0 Å². The zero-order chi connectivity index (χ0) is 14.5. The van der Waals surface area contributed by atoms with Crippen LogP contribution in [0.4, 0.5) is 5.69 Å². The van der Waals surface area contributed by atoms with E-state index in [2.05, 4.69) is 10.3 Å². The number of anilines is 1. The molecule has 2 rings (SSSR count). The van der Waals surface area contributed by atoms with Crippen molar-refractivity contribution < 1.29 is 9.53 Å². The highest BCUT2D eigenvalue weighted by Gasteiger charge is 2.10. The average molecular weight is 311 g/mol. The maximum atomic E-state index is 11.8. The molecule has 1 aromatic carbocycles. The van der Waals surface area contributed by atoms with Crippen LogP contribution in [0.2, 0.25) is 10.2 Å². The van der Waals surface area contributed by atoms with Gasteiger partial charge in [0.25, 0.3) is 5.91 Å². The lowest BCUT2D eigenvalue weighted by Crippen LogP contribution is -2.21. The molecule has 0 unspecified atom stereocenters. The predicted molar refractivity (Wildman–Crippen MR) is 79.6 cm³/mol. The zero-order valence-corrected chi connectivity index (χ0v) is 12.2. The summed E-state index contributed by atoms with van der Waals surface area (Å²) in [5.74, 6) is 0.213. The molecule has 0 aliphatic heterocycles. The summed E-state index contributed by atoms with van der Waals surface area (Å²) in [6.07, 6.45) is 1.58. The fraction of sp³-hybridized carbons (Fsp3) is 0.143. The van der Waals surface area contributed by atoms with Gasteiger partial charge in [0, 0.05) is 11.2 Å². The molecular formula is C14H12Cl2N2O2. The normalized spacial score (nSPS) is 10.2. The summed E-state index contributed by atoms with van der Waals surface area (Å²) < 4.78 is 5.34. The maximum absolute atomic E-state index is 11.8. The lowest BCUT2D eigenvalue weighted by molar-refractivity contribution is -0.118. The molecule has 0 radical (unpaired) electrons. The molecule has 0 spiro atoms. The first kappa shape index (κ1) is 14.6. The van der Waals surface area contributed by atoms with Gasteiger partial charge >= 0.3 is 0 Å². The Hall–Kier alpha value is -1.78. The average Bonchev–Trinajstić information content (AvgIpc) is 2.41. The van der Waals surface area contributed by atoms with Crippen molar-refractivity contribution >= 4 is 34.8 Å². The summed E-state index contributed by atoms with van der Waals surface area (Å²) >= 11 is 11.8. The third-order valence-corrected chi connectivity index (χ3v) is 3.07. The number of hydrogen-bond donors (Lipinski definition) is 1. The molecule has 0 atom stereocenters. The first-order valence-corrected chi connectivity index (χ1v) is 6.61. The predicted octanol–water partition coefficient (Wildman–Crippen LogP) is 3.71. The number of hydrogen-bond acceptors (Lipinski definition) is 3. The number of nitrogens with zero attached hydrogens (tertiary/aromatic N) is 1. The van der Waals surface area contributed by atoms with Crippen LogP contribution in [0.15, 0.2) is 36.5 Å². The number of carbonyl (C=O) groups is 1. The second-order valence-corrected chi connectivity index (χ2v) is 4.88. The Morgan fingerprint density at radius 1 is 1.35 bits per heavy atom. The first-order chi connectivity index (χ1) is 9.56. The summed E-state index contributed by atoms with van der Waals surface area (Å²) in [7, 11) is 0. The van der Waals surface area contributed by atoms with Crippen LogP contribution in [-0.4, -0.2) is 17.5 Å². The molecule has 20 heavy (non-hydrogen) atoms. The summed E-state index contributed by atoms with van der Waals surface area (Å²) in [5.41, 5.74) is 1.33. The second kappa shape index (κ2) is 6.59. The van der Waals surface area contributed by atoms with Crippen LogP contribution in [0.25, 0.3) is 0 Å². The third-order valence-electron chi connectivity index (χ3n) is 2.54. The molecule has 0 aliphatic rings. The van der Waals surface area contributed by atoms with Crippen molar-refractivity contribution in [2.75, 3.05) is 11.9 Å². The Kier molecular flexibility index (Phi) is 4.82. The number of nitrogens with one attached hydrogen (secondary N) is 1. The van der Waals surface area contributed by atoms with E-state index in [1.54, 1.807) is 36.5 Å². The Morgan fingerprint density at radius 2 is 2.15 bits per heavy atom. The number of amides is 1. The van der Waals surface area contributed by atoms with E-state index >= 15 is 0 Å². The van der Waals surface area contributed by atoms with E-state index in [4.69, 9.17) is 27.9 Å². The van der Waals surface area contributed by atoms with Gasteiger partial charge in [-0.3, -0.25) is 4.79 Å². The summed E-state index contributed by atoms with van der Waals surface area (Å²) in [6.45, 7) is 1.70. The lowest BCUT2D eigenvalue weighted by atomic mass is 10.2. The van der Waals surface area contributed by atoms with Crippen molar-refractivity contribution in [1.82, 2.24) is 4.98 Å². The Labute approximate surface area is 126 Å². The standard InChI is InChI=1S/C14H12Cl2N2O2/c1-9-5-6-17-14(16)13(9)18-12(19)8-20-11-4-2-3-10(15)7-11/h2-7H,8H2,1H3,(H,18,19). The molecule has 1 amide bonds. The molecule has 0 bridgehead atoms. The minimum Gasteiger partial charge on any atom is -0.484 e. The van der Waals surface area contributed by atoms with Crippen molar-refractivity contribution in [3.63, 3.8) is 0 Å². The Morgan fingerprint density at radius 3 is 2.85 bits per heavy atom. The number of benzene rings is 1. The summed E-state index contributed by atoms with van der Waals surface area (Å²) in [5, 5.41) is 3.47. The quantitative estimate of drug-likeness (QED) is 0.876. The van der Waals surface area contributed by atoms with Crippen molar-refractivity contribution in [1.29, 1.82) is 0 Å². The molecule has 1 aromatic heterocycles. The van der Waals surface area contributed by atoms with E-state index in [0.29, 0.717) is 16.5 Å². The molecular weight excluding hydrogens is 299 g/mol.